The maximum Gasteiger partial charge on any atom is 0.175 e. The molecule has 1 aromatic carbocycles. The van der Waals surface area contributed by atoms with E-state index in [2.05, 4.69) is 11.8 Å². The average molecular weight is 256 g/mol. The molecule has 0 spiro atoms. The van der Waals surface area contributed by atoms with Crippen LogP contribution in [0.15, 0.2) is 29.2 Å². The third-order valence-electron chi connectivity index (χ3n) is 2.69. The van der Waals surface area contributed by atoms with E-state index in [0.717, 1.165) is 12.2 Å². The summed E-state index contributed by atoms with van der Waals surface area (Å²) in [5, 5.41) is 0. The van der Waals surface area contributed by atoms with Crippen molar-refractivity contribution in [2.45, 2.75) is 11.8 Å². The highest BCUT2D eigenvalue weighted by Gasteiger charge is 2.09. The molecule has 0 amide bonds. The molecule has 0 aliphatic heterocycles. The molecule has 0 aliphatic carbocycles. The molecular weight excluding hydrogens is 236 g/mol. The van der Waals surface area contributed by atoms with Crippen molar-refractivity contribution in [1.82, 2.24) is 0 Å². The van der Waals surface area contributed by atoms with Gasteiger partial charge in [-0.1, -0.05) is 6.92 Å². The molecule has 17 heavy (non-hydrogen) atoms. The van der Waals surface area contributed by atoms with Crippen molar-refractivity contribution in [2.75, 3.05) is 31.3 Å². The van der Waals surface area contributed by atoms with Gasteiger partial charge in [0.1, 0.15) is 0 Å². The monoisotopic (exact) mass is 256 g/mol. The van der Waals surface area contributed by atoms with E-state index in [1.54, 1.807) is 12.1 Å². The second kappa shape index (κ2) is 5.51. The van der Waals surface area contributed by atoms with Crippen molar-refractivity contribution in [2.24, 2.45) is 11.7 Å². The second-order valence-corrected chi connectivity index (χ2v) is 6.50. The molecule has 0 bridgehead atoms. The predicted molar refractivity (Wildman–Crippen MR) is 71.0 cm³/mol. The molecule has 5 heteroatoms. The molecule has 0 heterocycles. The van der Waals surface area contributed by atoms with Gasteiger partial charge in [-0.05, 0) is 36.7 Å². The fraction of sp³-hybridized carbons (Fsp3) is 0.500. The van der Waals surface area contributed by atoms with E-state index in [1.807, 2.05) is 19.2 Å². The Morgan fingerprint density at radius 3 is 2.24 bits per heavy atom. The number of hydrogen-bond donors (Lipinski definition) is 1. The lowest BCUT2D eigenvalue weighted by Gasteiger charge is -2.22. The highest BCUT2D eigenvalue weighted by Crippen LogP contribution is 2.17. The zero-order chi connectivity index (χ0) is 13.1. The van der Waals surface area contributed by atoms with E-state index in [0.29, 0.717) is 17.4 Å². The molecule has 2 N–H and O–H groups in total. The molecule has 96 valence electrons. The summed E-state index contributed by atoms with van der Waals surface area (Å²) in [6.45, 7) is 3.59. The molecule has 0 radical (unpaired) electrons. The zero-order valence-corrected chi connectivity index (χ0v) is 11.4. The first-order valence-electron chi connectivity index (χ1n) is 5.56. The van der Waals surface area contributed by atoms with E-state index in [4.69, 9.17) is 5.73 Å². The molecule has 1 rings (SSSR count). The van der Waals surface area contributed by atoms with E-state index in [1.165, 1.54) is 6.26 Å². The molecule has 1 atom stereocenters. The summed E-state index contributed by atoms with van der Waals surface area (Å²) in [6.07, 6.45) is 1.21. The molecule has 0 aromatic heterocycles. The summed E-state index contributed by atoms with van der Waals surface area (Å²) in [5.41, 5.74) is 6.57. The van der Waals surface area contributed by atoms with Crippen LogP contribution >= 0.6 is 0 Å². The van der Waals surface area contributed by atoms with Crippen LogP contribution in [-0.2, 0) is 9.84 Å². The van der Waals surface area contributed by atoms with Crippen molar-refractivity contribution in [3.8, 4) is 0 Å². The number of hydrogen-bond acceptors (Lipinski definition) is 4. The molecule has 1 unspecified atom stereocenters. The normalized spacial score (nSPS) is 13.4. The van der Waals surface area contributed by atoms with Gasteiger partial charge < -0.3 is 10.6 Å². The van der Waals surface area contributed by atoms with Gasteiger partial charge in [0.05, 0.1) is 4.90 Å². The van der Waals surface area contributed by atoms with Crippen LogP contribution in [0.4, 0.5) is 5.69 Å². The molecule has 0 saturated carbocycles. The fourth-order valence-corrected chi connectivity index (χ4v) is 2.23. The Kier molecular flexibility index (Phi) is 4.54. The summed E-state index contributed by atoms with van der Waals surface area (Å²) in [7, 11) is -1.14. The molecule has 4 nitrogen and oxygen atoms in total. The van der Waals surface area contributed by atoms with Crippen molar-refractivity contribution < 1.29 is 8.42 Å². The third kappa shape index (κ3) is 4.02. The van der Waals surface area contributed by atoms with Gasteiger partial charge in [0.2, 0.25) is 0 Å². The van der Waals surface area contributed by atoms with Gasteiger partial charge in [0.25, 0.3) is 0 Å². The molecule has 0 saturated heterocycles. The first-order chi connectivity index (χ1) is 7.84. The number of nitrogens with two attached hydrogens (primary N) is 1. The van der Waals surface area contributed by atoms with Crippen molar-refractivity contribution in [3.63, 3.8) is 0 Å². The number of nitrogens with zero attached hydrogens (tertiary/aromatic N) is 1. The van der Waals surface area contributed by atoms with Crippen LogP contribution in [0, 0.1) is 5.92 Å². The number of rotatable bonds is 5. The Morgan fingerprint density at radius 1 is 1.29 bits per heavy atom. The Balaban J connectivity index is 2.81. The first kappa shape index (κ1) is 14.0. The van der Waals surface area contributed by atoms with E-state index < -0.39 is 9.84 Å². The fourth-order valence-electron chi connectivity index (χ4n) is 1.60. The maximum absolute atomic E-state index is 11.3. The molecule has 0 aliphatic rings. The Labute approximate surface area is 103 Å². The summed E-state index contributed by atoms with van der Waals surface area (Å²) < 4.78 is 22.6. The van der Waals surface area contributed by atoms with Crippen molar-refractivity contribution in [3.05, 3.63) is 24.3 Å². The third-order valence-corrected chi connectivity index (χ3v) is 3.82. The van der Waals surface area contributed by atoms with Gasteiger partial charge >= 0.3 is 0 Å². The van der Waals surface area contributed by atoms with Gasteiger partial charge in [0.15, 0.2) is 9.84 Å². The summed E-state index contributed by atoms with van der Waals surface area (Å²) in [6, 6.07) is 6.90. The number of benzene rings is 1. The summed E-state index contributed by atoms with van der Waals surface area (Å²) in [4.78, 5) is 2.42. The quantitative estimate of drug-likeness (QED) is 0.857. The van der Waals surface area contributed by atoms with Gasteiger partial charge in [-0.2, -0.15) is 0 Å². The van der Waals surface area contributed by atoms with E-state index in [-0.39, 0.29) is 0 Å². The molecule has 0 fully saturated rings. The van der Waals surface area contributed by atoms with Crippen LogP contribution in [0.25, 0.3) is 0 Å². The maximum atomic E-state index is 11.3. The Hall–Kier alpha value is -1.07. The molecular formula is C12H20N2O2S. The predicted octanol–water partition coefficient (Wildman–Crippen LogP) is 1.12. The van der Waals surface area contributed by atoms with E-state index in [9.17, 15) is 8.42 Å². The number of anilines is 1. The summed E-state index contributed by atoms with van der Waals surface area (Å²) >= 11 is 0. The van der Waals surface area contributed by atoms with Gasteiger partial charge in [-0.15, -0.1) is 0 Å². The number of sulfone groups is 1. The van der Waals surface area contributed by atoms with Crippen LogP contribution in [-0.4, -0.2) is 34.8 Å². The SMILES string of the molecule is CC(CN)CN(C)c1ccc(S(C)(=O)=O)cc1. The second-order valence-electron chi connectivity index (χ2n) is 4.49. The van der Waals surface area contributed by atoms with Crippen LogP contribution in [0.1, 0.15) is 6.92 Å². The smallest absolute Gasteiger partial charge is 0.175 e. The van der Waals surface area contributed by atoms with Crippen LogP contribution in [0.2, 0.25) is 0 Å². The van der Waals surface area contributed by atoms with E-state index >= 15 is 0 Å². The highest BCUT2D eigenvalue weighted by molar-refractivity contribution is 7.90. The van der Waals surface area contributed by atoms with Crippen LogP contribution in [0.3, 0.4) is 0 Å². The van der Waals surface area contributed by atoms with Gasteiger partial charge in [0, 0.05) is 25.5 Å². The first-order valence-corrected chi connectivity index (χ1v) is 7.45. The Morgan fingerprint density at radius 2 is 1.82 bits per heavy atom. The van der Waals surface area contributed by atoms with Crippen molar-refractivity contribution >= 4 is 15.5 Å². The lowest BCUT2D eigenvalue weighted by molar-refractivity contribution is 0.590. The lowest BCUT2D eigenvalue weighted by atomic mass is 10.1. The zero-order valence-electron chi connectivity index (χ0n) is 10.6. The summed E-state index contributed by atoms with van der Waals surface area (Å²) in [5.74, 6) is 0.412. The van der Waals surface area contributed by atoms with Gasteiger partial charge in [-0.25, -0.2) is 8.42 Å². The minimum absolute atomic E-state index is 0.349. The highest BCUT2D eigenvalue weighted by atomic mass is 32.2. The largest absolute Gasteiger partial charge is 0.374 e. The van der Waals surface area contributed by atoms with Crippen LogP contribution in [0.5, 0.6) is 0 Å². The van der Waals surface area contributed by atoms with Crippen molar-refractivity contribution in [1.29, 1.82) is 0 Å². The lowest BCUT2D eigenvalue weighted by Crippen LogP contribution is -2.28. The van der Waals surface area contributed by atoms with Crippen LogP contribution < -0.4 is 10.6 Å². The standard InChI is InChI=1S/C12H20N2O2S/c1-10(8-13)9-14(2)11-4-6-12(7-5-11)17(3,15)16/h4-7,10H,8-9,13H2,1-3H3. The minimum atomic E-state index is -3.11. The Bertz CT molecular complexity index is 454. The van der Waals surface area contributed by atoms with Gasteiger partial charge in [-0.3, -0.25) is 0 Å². The minimum Gasteiger partial charge on any atom is -0.374 e. The molecule has 1 aromatic rings. The topological polar surface area (TPSA) is 63.4 Å². The average Bonchev–Trinajstić information content (AvgIpc) is 2.27.